The van der Waals surface area contributed by atoms with Gasteiger partial charge in [-0.3, -0.25) is 0 Å². The summed E-state index contributed by atoms with van der Waals surface area (Å²) in [7, 11) is 0. The first-order valence-corrected chi connectivity index (χ1v) is 16.7. The molecule has 2 aromatic heterocycles. The maximum atomic E-state index is 6.78. The monoisotopic (exact) mass is 626 g/mol. The second-order valence-corrected chi connectivity index (χ2v) is 12.6. The molecule has 3 heteroatoms. The van der Waals surface area contributed by atoms with Gasteiger partial charge in [0, 0.05) is 44.0 Å². The molecule has 0 aliphatic rings. The maximum Gasteiger partial charge on any atom is 0.159 e. The molecule has 0 amide bonds. The fraction of sp³-hybridized carbons (Fsp3) is 0. The first-order valence-electron chi connectivity index (χ1n) is 16.7. The summed E-state index contributed by atoms with van der Waals surface area (Å²) in [4.78, 5) is 2.30. The highest BCUT2D eigenvalue weighted by Crippen LogP contribution is 2.44. The smallest absolute Gasteiger partial charge is 0.159 e. The maximum absolute atomic E-state index is 6.78. The Balaban J connectivity index is 1.09. The average Bonchev–Trinajstić information content (AvgIpc) is 3.73. The Morgan fingerprint density at radius 3 is 1.78 bits per heavy atom. The molecule has 3 nitrogen and oxygen atoms in total. The van der Waals surface area contributed by atoms with E-state index in [0.717, 1.165) is 55.6 Å². The lowest BCUT2D eigenvalue weighted by Gasteiger charge is -2.25. The van der Waals surface area contributed by atoms with Crippen molar-refractivity contribution >= 4 is 71.6 Å². The lowest BCUT2D eigenvalue weighted by molar-refractivity contribution is 0.673. The van der Waals surface area contributed by atoms with E-state index in [0.29, 0.717) is 0 Å². The van der Waals surface area contributed by atoms with Crippen molar-refractivity contribution < 1.29 is 4.42 Å². The van der Waals surface area contributed by atoms with Crippen LogP contribution in [0.15, 0.2) is 186 Å². The van der Waals surface area contributed by atoms with Crippen LogP contribution in [-0.2, 0) is 0 Å². The zero-order valence-electron chi connectivity index (χ0n) is 26.6. The Labute approximate surface area is 283 Å². The Morgan fingerprint density at radius 1 is 0.388 bits per heavy atom. The summed E-state index contributed by atoms with van der Waals surface area (Å²) in [6, 6.07) is 64.8. The molecule has 0 bridgehead atoms. The van der Waals surface area contributed by atoms with Gasteiger partial charge in [0.05, 0.1) is 16.7 Å². The molecule has 8 aromatic carbocycles. The van der Waals surface area contributed by atoms with Crippen LogP contribution in [0.3, 0.4) is 0 Å². The van der Waals surface area contributed by atoms with Gasteiger partial charge in [-0.05, 0) is 77.2 Å². The summed E-state index contributed by atoms with van der Waals surface area (Å²) in [6.45, 7) is 0. The van der Waals surface area contributed by atoms with Crippen LogP contribution in [0.4, 0.5) is 17.1 Å². The minimum Gasteiger partial charge on any atom is -0.453 e. The van der Waals surface area contributed by atoms with Crippen LogP contribution >= 0.6 is 0 Å². The number of hydrogen-bond acceptors (Lipinski definition) is 2. The van der Waals surface area contributed by atoms with E-state index in [1.54, 1.807) is 0 Å². The van der Waals surface area contributed by atoms with Gasteiger partial charge >= 0.3 is 0 Å². The second-order valence-electron chi connectivity index (χ2n) is 12.6. The van der Waals surface area contributed by atoms with Crippen molar-refractivity contribution in [2.75, 3.05) is 4.90 Å². The van der Waals surface area contributed by atoms with Gasteiger partial charge in [0.25, 0.3) is 0 Å². The zero-order chi connectivity index (χ0) is 32.3. The van der Waals surface area contributed by atoms with Crippen molar-refractivity contribution in [3.05, 3.63) is 182 Å². The van der Waals surface area contributed by atoms with E-state index in [-0.39, 0.29) is 0 Å². The first-order chi connectivity index (χ1) is 24.3. The molecule has 2 heterocycles. The summed E-state index contributed by atoms with van der Waals surface area (Å²) >= 11 is 0. The lowest BCUT2D eigenvalue weighted by atomic mass is 10.0. The number of benzene rings is 8. The molecule has 0 atom stereocenters. The van der Waals surface area contributed by atoms with E-state index in [2.05, 4.69) is 191 Å². The number of para-hydroxylation sites is 4. The zero-order valence-corrected chi connectivity index (χ0v) is 26.6. The number of anilines is 3. The van der Waals surface area contributed by atoms with Gasteiger partial charge in [0.15, 0.2) is 5.58 Å². The number of nitrogens with zero attached hydrogens (tertiary/aromatic N) is 2. The van der Waals surface area contributed by atoms with E-state index in [4.69, 9.17) is 4.42 Å². The summed E-state index contributed by atoms with van der Waals surface area (Å²) in [5, 5.41) is 7.07. The molecule has 49 heavy (non-hydrogen) atoms. The standard InChI is InChI=1S/C46H30N2O/c1-2-14-34(15-3-1)47(44-23-11-20-40-41-29-26-32-12-4-5-17-37(32)45(41)49-46(40)44)35-27-24-31(25-28-35)33-13-10-16-36(30-33)48-42-21-8-6-18-38(42)39-19-7-9-22-43(39)48/h1-30H. The summed E-state index contributed by atoms with van der Waals surface area (Å²) in [5.74, 6) is 0. The molecule has 0 radical (unpaired) electrons. The fourth-order valence-electron chi connectivity index (χ4n) is 7.52. The molecular weight excluding hydrogens is 597 g/mol. The lowest BCUT2D eigenvalue weighted by Crippen LogP contribution is -2.10. The second kappa shape index (κ2) is 11.0. The van der Waals surface area contributed by atoms with E-state index in [1.165, 1.54) is 32.8 Å². The number of rotatable bonds is 5. The first kappa shape index (κ1) is 27.5. The molecule has 0 saturated heterocycles. The van der Waals surface area contributed by atoms with Crippen LogP contribution in [0, 0.1) is 0 Å². The van der Waals surface area contributed by atoms with Crippen LogP contribution in [0.2, 0.25) is 0 Å². The Morgan fingerprint density at radius 2 is 1.00 bits per heavy atom. The molecule has 0 fully saturated rings. The molecule has 0 aliphatic carbocycles. The third kappa shape index (κ3) is 4.37. The van der Waals surface area contributed by atoms with Crippen molar-refractivity contribution in [1.29, 1.82) is 0 Å². The largest absolute Gasteiger partial charge is 0.453 e. The molecule has 0 spiro atoms. The van der Waals surface area contributed by atoms with Crippen molar-refractivity contribution in [3.63, 3.8) is 0 Å². The summed E-state index contributed by atoms with van der Waals surface area (Å²) in [6.07, 6.45) is 0. The molecule has 230 valence electrons. The van der Waals surface area contributed by atoms with Crippen LogP contribution in [-0.4, -0.2) is 4.57 Å². The normalized spacial score (nSPS) is 11.7. The van der Waals surface area contributed by atoms with Gasteiger partial charge in [-0.2, -0.15) is 0 Å². The minimum atomic E-state index is 0.876. The van der Waals surface area contributed by atoms with E-state index < -0.39 is 0 Å². The SMILES string of the molecule is c1ccc(N(c2ccc(-c3cccc(-n4c5ccccc5c5ccccc54)c3)cc2)c2cccc3c2oc2c4ccccc4ccc32)cc1. The van der Waals surface area contributed by atoms with E-state index in [1.807, 2.05) is 0 Å². The number of hydrogen-bond donors (Lipinski definition) is 0. The van der Waals surface area contributed by atoms with Crippen molar-refractivity contribution in [2.24, 2.45) is 0 Å². The summed E-state index contributed by atoms with van der Waals surface area (Å²) < 4.78 is 9.15. The van der Waals surface area contributed by atoms with Crippen molar-refractivity contribution in [1.82, 2.24) is 4.57 Å². The van der Waals surface area contributed by atoms with Crippen LogP contribution in [0.5, 0.6) is 0 Å². The van der Waals surface area contributed by atoms with Gasteiger partial charge in [-0.1, -0.05) is 121 Å². The predicted octanol–water partition coefficient (Wildman–Crippen LogP) is 13.0. The van der Waals surface area contributed by atoms with Gasteiger partial charge in [0.1, 0.15) is 5.58 Å². The molecule has 0 aliphatic heterocycles. The van der Waals surface area contributed by atoms with Crippen LogP contribution in [0.25, 0.3) is 71.3 Å². The summed E-state index contributed by atoms with van der Waals surface area (Å²) in [5.41, 5.74) is 10.8. The van der Waals surface area contributed by atoms with E-state index >= 15 is 0 Å². The van der Waals surface area contributed by atoms with Gasteiger partial charge in [-0.25, -0.2) is 0 Å². The Hall–Kier alpha value is -6.58. The topological polar surface area (TPSA) is 21.3 Å². The molecule has 0 saturated carbocycles. The van der Waals surface area contributed by atoms with E-state index in [9.17, 15) is 0 Å². The minimum absolute atomic E-state index is 0.876. The Bertz CT molecular complexity index is 2770. The predicted molar refractivity (Wildman–Crippen MR) is 206 cm³/mol. The third-order valence-electron chi connectivity index (χ3n) is 9.77. The molecular formula is C46H30N2O. The highest BCUT2D eigenvalue weighted by Gasteiger charge is 2.20. The highest BCUT2D eigenvalue weighted by molar-refractivity contribution is 6.17. The number of fused-ring (bicyclic) bond motifs is 8. The van der Waals surface area contributed by atoms with Crippen molar-refractivity contribution in [2.45, 2.75) is 0 Å². The van der Waals surface area contributed by atoms with Crippen molar-refractivity contribution in [3.8, 4) is 16.8 Å². The van der Waals surface area contributed by atoms with Gasteiger partial charge in [0.2, 0.25) is 0 Å². The molecule has 10 rings (SSSR count). The third-order valence-corrected chi connectivity index (χ3v) is 9.77. The highest BCUT2D eigenvalue weighted by atomic mass is 16.3. The van der Waals surface area contributed by atoms with Crippen LogP contribution < -0.4 is 4.90 Å². The quantitative estimate of drug-likeness (QED) is 0.190. The molecule has 0 N–H and O–H groups in total. The molecule has 10 aromatic rings. The van der Waals surface area contributed by atoms with Crippen LogP contribution in [0.1, 0.15) is 0 Å². The van der Waals surface area contributed by atoms with Gasteiger partial charge in [-0.15, -0.1) is 0 Å². The Kier molecular flexibility index (Phi) is 6.18. The molecule has 0 unspecified atom stereocenters. The number of aromatic nitrogens is 1. The fourth-order valence-corrected chi connectivity index (χ4v) is 7.52. The average molecular weight is 627 g/mol. The van der Waals surface area contributed by atoms with Gasteiger partial charge < -0.3 is 13.9 Å². The number of furan rings is 1.